The standard InChI is InChI=1S/C19H14Cl2N2O4/c1-25-12-4-7-17(26-2)14(10-12)16-6-8-18(23-22-16)27-19(24)13-5-3-11(20)9-15(13)21/h3-10H,1-2H3. The minimum absolute atomic E-state index is 0.0385. The van der Waals surface area contributed by atoms with E-state index in [0.29, 0.717) is 27.8 Å². The molecule has 8 heteroatoms. The predicted octanol–water partition coefficient (Wildman–Crippen LogP) is 4.69. The Labute approximate surface area is 165 Å². The molecule has 0 aliphatic rings. The first-order valence-electron chi connectivity index (χ1n) is 7.75. The summed E-state index contributed by atoms with van der Waals surface area (Å²) in [6, 6.07) is 13.0. The zero-order valence-corrected chi connectivity index (χ0v) is 15.9. The van der Waals surface area contributed by atoms with Gasteiger partial charge in [-0.05, 0) is 42.5 Å². The quantitative estimate of drug-likeness (QED) is 0.574. The highest BCUT2D eigenvalue weighted by Gasteiger charge is 2.15. The van der Waals surface area contributed by atoms with E-state index in [0.717, 1.165) is 0 Å². The molecular formula is C19H14Cl2N2O4. The van der Waals surface area contributed by atoms with Crippen LogP contribution in [0.5, 0.6) is 17.4 Å². The Balaban J connectivity index is 1.82. The molecule has 3 aromatic rings. The number of hydrogen-bond acceptors (Lipinski definition) is 6. The van der Waals surface area contributed by atoms with Crippen molar-refractivity contribution >= 4 is 29.2 Å². The summed E-state index contributed by atoms with van der Waals surface area (Å²) in [6.45, 7) is 0. The van der Waals surface area contributed by atoms with Crippen LogP contribution in [0.4, 0.5) is 0 Å². The van der Waals surface area contributed by atoms with Gasteiger partial charge in [0.25, 0.3) is 0 Å². The number of esters is 1. The fourth-order valence-corrected chi connectivity index (χ4v) is 2.82. The van der Waals surface area contributed by atoms with Gasteiger partial charge in [0.1, 0.15) is 11.5 Å². The number of rotatable bonds is 5. The van der Waals surface area contributed by atoms with E-state index in [1.165, 1.54) is 18.2 Å². The molecule has 3 rings (SSSR count). The lowest BCUT2D eigenvalue weighted by molar-refractivity contribution is 0.0726. The average Bonchev–Trinajstić information content (AvgIpc) is 2.68. The molecule has 0 saturated heterocycles. The molecule has 0 atom stereocenters. The van der Waals surface area contributed by atoms with Crippen molar-refractivity contribution in [1.82, 2.24) is 10.2 Å². The molecule has 0 unspecified atom stereocenters. The van der Waals surface area contributed by atoms with Gasteiger partial charge >= 0.3 is 5.97 Å². The third-order valence-corrected chi connectivity index (χ3v) is 4.22. The van der Waals surface area contributed by atoms with Gasteiger partial charge in [0.05, 0.1) is 30.5 Å². The molecule has 0 radical (unpaired) electrons. The number of hydrogen-bond donors (Lipinski definition) is 0. The number of halogens is 2. The zero-order valence-electron chi connectivity index (χ0n) is 14.4. The minimum atomic E-state index is -0.655. The molecule has 0 aliphatic carbocycles. The van der Waals surface area contributed by atoms with Crippen LogP contribution in [0.2, 0.25) is 10.0 Å². The summed E-state index contributed by atoms with van der Waals surface area (Å²) < 4.78 is 15.8. The van der Waals surface area contributed by atoms with Crippen molar-refractivity contribution in [3.8, 4) is 28.6 Å². The van der Waals surface area contributed by atoms with Crippen molar-refractivity contribution < 1.29 is 19.0 Å². The topological polar surface area (TPSA) is 70.5 Å². The molecule has 0 bridgehead atoms. The first kappa shape index (κ1) is 18.9. The maximum absolute atomic E-state index is 12.2. The van der Waals surface area contributed by atoms with E-state index in [-0.39, 0.29) is 16.5 Å². The van der Waals surface area contributed by atoms with Gasteiger partial charge in [-0.25, -0.2) is 4.79 Å². The third-order valence-electron chi connectivity index (χ3n) is 3.67. The molecule has 0 spiro atoms. The number of carbonyl (C=O) groups is 1. The lowest BCUT2D eigenvalue weighted by Gasteiger charge is -2.10. The Bertz CT molecular complexity index is 978. The van der Waals surface area contributed by atoms with Crippen LogP contribution >= 0.6 is 23.2 Å². The second-order valence-electron chi connectivity index (χ2n) is 5.34. The summed E-state index contributed by atoms with van der Waals surface area (Å²) in [6.07, 6.45) is 0. The first-order chi connectivity index (χ1) is 13.0. The summed E-state index contributed by atoms with van der Waals surface area (Å²) in [5.41, 5.74) is 1.42. The van der Waals surface area contributed by atoms with E-state index in [1.54, 1.807) is 44.6 Å². The second kappa shape index (κ2) is 8.24. The first-order valence-corrected chi connectivity index (χ1v) is 8.50. The smallest absolute Gasteiger partial charge is 0.346 e. The fourth-order valence-electron chi connectivity index (χ4n) is 2.34. The number of aromatic nitrogens is 2. The molecule has 1 aromatic heterocycles. The van der Waals surface area contributed by atoms with Crippen LogP contribution in [0.25, 0.3) is 11.3 Å². The van der Waals surface area contributed by atoms with Crippen LogP contribution in [0.3, 0.4) is 0 Å². The molecule has 1 heterocycles. The van der Waals surface area contributed by atoms with Crippen LogP contribution in [-0.4, -0.2) is 30.4 Å². The minimum Gasteiger partial charge on any atom is -0.497 e. The Morgan fingerprint density at radius 1 is 0.926 bits per heavy atom. The highest BCUT2D eigenvalue weighted by atomic mass is 35.5. The van der Waals surface area contributed by atoms with Crippen LogP contribution in [0, 0.1) is 0 Å². The van der Waals surface area contributed by atoms with E-state index < -0.39 is 5.97 Å². The maximum atomic E-state index is 12.2. The highest BCUT2D eigenvalue weighted by molar-refractivity contribution is 6.36. The van der Waals surface area contributed by atoms with E-state index in [4.69, 9.17) is 37.4 Å². The largest absolute Gasteiger partial charge is 0.497 e. The van der Waals surface area contributed by atoms with Gasteiger partial charge < -0.3 is 14.2 Å². The highest BCUT2D eigenvalue weighted by Crippen LogP contribution is 2.32. The van der Waals surface area contributed by atoms with Crippen molar-refractivity contribution in [3.63, 3.8) is 0 Å². The lowest BCUT2D eigenvalue weighted by Crippen LogP contribution is -2.10. The van der Waals surface area contributed by atoms with Crippen molar-refractivity contribution in [2.75, 3.05) is 14.2 Å². The average molecular weight is 405 g/mol. The van der Waals surface area contributed by atoms with Crippen LogP contribution in [-0.2, 0) is 0 Å². The van der Waals surface area contributed by atoms with E-state index in [2.05, 4.69) is 10.2 Å². The lowest BCUT2D eigenvalue weighted by atomic mass is 10.1. The third kappa shape index (κ3) is 4.30. The number of methoxy groups -OCH3 is 2. The van der Waals surface area contributed by atoms with E-state index in [1.807, 2.05) is 0 Å². The molecule has 2 aromatic carbocycles. The summed E-state index contributed by atoms with van der Waals surface area (Å²) in [5.74, 6) is 0.651. The Morgan fingerprint density at radius 3 is 2.37 bits per heavy atom. The maximum Gasteiger partial charge on any atom is 0.346 e. The monoisotopic (exact) mass is 404 g/mol. The van der Waals surface area contributed by atoms with Gasteiger partial charge in [0, 0.05) is 16.7 Å². The summed E-state index contributed by atoms with van der Waals surface area (Å²) >= 11 is 11.8. The van der Waals surface area contributed by atoms with Crippen LogP contribution in [0.1, 0.15) is 10.4 Å². The fraction of sp³-hybridized carbons (Fsp3) is 0.105. The number of benzene rings is 2. The van der Waals surface area contributed by atoms with Gasteiger partial charge in [-0.2, -0.15) is 0 Å². The molecule has 0 saturated carbocycles. The Hall–Kier alpha value is -2.83. The summed E-state index contributed by atoms with van der Waals surface area (Å²) in [5, 5.41) is 8.66. The molecule has 6 nitrogen and oxygen atoms in total. The van der Waals surface area contributed by atoms with Crippen LogP contribution in [0.15, 0.2) is 48.5 Å². The van der Waals surface area contributed by atoms with E-state index >= 15 is 0 Å². The Kier molecular flexibility index (Phi) is 5.78. The van der Waals surface area contributed by atoms with Crippen molar-refractivity contribution in [3.05, 3.63) is 64.1 Å². The van der Waals surface area contributed by atoms with E-state index in [9.17, 15) is 4.79 Å². The van der Waals surface area contributed by atoms with Gasteiger partial charge in [-0.1, -0.05) is 23.2 Å². The van der Waals surface area contributed by atoms with Crippen LogP contribution < -0.4 is 14.2 Å². The summed E-state index contributed by atoms with van der Waals surface area (Å²) in [7, 11) is 3.13. The zero-order chi connectivity index (χ0) is 19.4. The molecular weight excluding hydrogens is 391 g/mol. The van der Waals surface area contributed by atoms with Gasteiger partial charge in [-0.15, -0.1) is 10.2 Å². The molecule has 138 valence electrons. The predicted molar refractivity (Wildman–Crippen MR) is 102 cm³/mol. The molecule has 0 aliphatic heterocycles. The second-order valence-corrected chi connectivity index (χ2v) is 6.18. The van der Waals surface area contributed by atoms with Gasteiger partial charge in [0.2, 0.25) is 5.88 Å². The normalized spacial score (nSPS) is 10.4. The van der Waals surface area contributed by atoms with Crippen molar-refractivity contribution in [2.24, 2.45) is 0 Å². The number of ether oxygens (including phenoxy) is 3. The number of carbonyl (C=O) groups excluding carboxylic acids is 1. The molecule has 27 heavy (non-hydrogen) atoms. The molecule has 0 fully saturated rings. The Morgan fingerprint density at radius 2 is 1.74 bits per heavy atom. The van der Waals surface area contributed by atoms with Crippen molar-refractivity contribution in [2.45, 2.75) is 0 Å². The molecule has 0 N–H and O–H groups in total. The SMILES string of the molecule is COc1ccc(OC)c(-c2ccc(OC(=O)c3ccc(Cl)cc3Cl)nn2)c1. The van der Waals surface area contributed by atoms with Gasteiger partial charge in [0.15, 0.2) is 0 Å². The number of nitrogens with zero attached hydrogens (tertiary/aromatic N) is 2. The summed E-state index contributed by atoms with van der Waals surface area (Å²) in [4.78, 5) is 12.2. The molecule has 0 amide bonds. The van der Waals surface area contributed by atoms with Gasteiger partial charge in [-0.3, -0.25) is 0 Å². The van der Waals surface area contributed by atoms with Crippen molar-refractivity contribution in [1.29, 1.82) is 0 Å².